The summed E-state index contributed by atoms with van der Waals surface area (Å²) in [4.78, 5) is 1.72. The van der Waals surface area contributed by atoms with Gasteiger partial charge in [-0.2, -0.15) is 18.4 Å². The summed E-state index contributed by atoms with van der Waals surface area (Å²) in [5.41, 5.74) is -4.16. The van der Waals surface area contributed by atoms with Crippen molar-refractivity contribution in [2.75, 3.05) is 25.4 Å². The van der Waals surface area contributed by atoms with Crippen LogP contribution >= 0.6 is 11.8 Å². The van der Waals surface area contributed by atoms with Crippen LogP contribution in [0.25, 0.3) is 0 Å². The maximum atomic E-state index is 11.8. The van der Waals surface area contributed by atoms with E-state index >= 15 is 0 Å². The average molecular weight is 226 g/mol. The predicted molar refractivity (Wildman–Crippen MR) is 50.9 cm³/mol. The smallest absolute Gasteiger partial charge is 0.290 e. The molecule has 0 bridgehead atoms. The second kappa shape index (κ2) is 6.96. The molecule has 0 unspecified atom stereocenters. The molecule has 0 spiro atoms. The largest absolute Gasteiger partial charge is 0.441 e. The van der Waals surface area contributed by atoms with Gasteiger partial charge in [-0.1, -0.05) is 6.92 Å². The molecular formula is C8H13F3N2S. The highest BCUT2D eigenvalue weighted by Gasteiger charge is 2.27. The number of rotatable bonds is 6. The minimum atomic E-state index is -4.16. The second-order valence-electron chi connectivity index (χ2n) is 2.73. The van der Waals surface area contributed by atoms with Gasteiger partial charge in [0, 0.05) is 12.3 Å². The minimum Gasteiger partial charge on any atom is -0.290 e. The molecule has 0 atom stereocenters. The number of hydrogen-bond donors (Lipinski definition) is 0. The standard InChI is InChI=1S/C8H13F3N2S/c1-2-4-13(5-3-12)6-7-14-8(9,10)11/h2,4-7H2,1H3. The number of halogens is 3. The Bertz CT molecular complexity index is 188. The summed E-state index contributed by atoms with van der Waals surface area (Å²) >= 11 is -0.0375. The summed E-state index contributed by atoms with van der Waals surface area (Å²) in [6.45, 7) is 3.12. The van der Waals surface area contributed by atoms with Crippen molar-refractivity contribution >= 4 is 11.8 Å². The van der Waals surface area contributed by atoms with Gasteiger partial charge in [0.2, 0.25) is 0 Å². The molecule has 0 fully saturated rings. The van der Waals surface area contributed by atoms with Crippen molar-refractivity contribution < 1.29 is 13.2 Å². The van der Waals surface area contributed by atoms with Crippen molar-refractivity contribution in [3.05, 3.63) is 0 Å². The molecule has 0 N–H and O–H groups in total. The van der Waals surface area contributed by atoms with Crippen LogP contribution in [-0.2, 0) is 0 Å². The Morgan fingerprint density at radius 1 is 1.36 bits per heavy atom. The maximum absolute atomic E-state index is 11.8. The molecular weight excluding hydrogens is 213 g/mol. The zero-order valence-corrected chi connectivity index (χ0v) is 8.79. The SMILES string of the molecule is CCCN(CC#N)CCSC(F)(F)F. The van der Waals surface area contributed by atoms with Crippen molar-refractivity contribution in [2.45, 2.75) is 18.9 Å². The summed E-state index contributed by atoms with van der Waals surface area (Å²) < 4.78 is 35.3. The van der Waals surface area contributed by atoms with E-state index in [2.05, 4.69) is 0 Å². The molecule has 6 heteroatoms. The van der Waals surface area contributed by atoms with Crippen LogP contribution in [0.2, 0.25) is 0 Å². The third kappa shape index (κ3) is 8.20. The zero-order chi connectivity index (χ0) is 11.0. The lowest BCUT2D eigenvalue weighted by Gasteiger charge is -2.17. The van der Waals surface area contributed by atoms with Crippen LogP contribution in [0, 0.1) is 11.3 Å². The molecule has 0 aromatic carbocycles. The third-order valence-corrected chi connectivity index (χ3v) is 2.22. The van der Waals surface area contributed by atoms with E-state index in [4.69, 9.17) is 5.26 Å². The van der Waals surface area contributed by atoms with Gasteiger partial charge < -0.3 is 0 Å². The highest BCUT2D eigenvalue weighted by molar-refractivity contribution is 8.00. The van der Waals surface area contributed by atoms with Crippen LogP contribution in [-0.4, -0.2) is 35.8 Å². The van der Waals surface area contributed by atoms with E-state index < -0.39 is 5.51 Å². The van der Waals surface area contributed by atoms with Crippen LogP contribution in [0.4, 0.5) is 13.2 Å². The lowest BCUT2D eigenvalue weighted by atomic mass is 10.4. The zero-order valence-electron chi connectivity index (χ0n) is 7.97. The lowest BCUT2D eigenvalue weighted by molar-refractivity contribution is -0.0328. The maximum Gasteiger partial charge on any atom is 0.441 e. The molecule has 82 valence electrons. The monoisotopic (exact) mass is 226 g/mol. The van der Waals surface area contributed by atoms with Gasteiger partial charge in [-0.15, -0.1) is 0 Å². The van der Waals surface area contributed by atoms with Gasteiger partial charge in [0.1, 0.15) is 0 Å². The number of nitrogens with zero attached hydrogens (tertiary/aromatic N) is 2. The fourth-order valence-electron chi connectivity index (χ4n) is 0.977. The number of hydrogen-bond acceptors (Lipinski definition) is 3. The summed E-state index contributed by atoms with van der Waals surface area (Å²) in [6, 6.07) is 1.94. The Morgan fingerprint density at radius 2 is 2.00 bits per heavy atom. The van der Waals surface area contributed by atoms with Gasteiger partial charge in [0.25, 0.3) is 0 Å². The van der Waals surface area contributed by atoms with Gasteiger partial charge in [-0.3, -0.25) is 4.90 Å². The molecule has 2 nitrogen and oxygen atoms in total. The van der Waals surface area contributed by atoms with Gasteiger partial charge in [-0.05, 0) is 24.7 Å². The Hall–Kier alpha value is -0.410. The minimum absolute atomic E-state index is 0.00875. The molecule has 0 aliphatic heterocycles. The van der Waals surface area contributed by atoms with Crippen molar-refractivity contribution in [3.63, 3.8) is 0 Å². The summed E-state index contributed by atoms with van der Waals surface area (Å²) in [6.07, 6.45) is 0.846. The Labute approximate surface area is 86.1 Å². The molecule has 0 rings (SSSR count). The van der Waals surface area contributed by atoms with Gasteiger partial charge >= 0.3 is 5.51 Å². The van der Waals surface area contributed by atoms with Crippen molar-refractivity contribution in [2.24, 2.45) is 0 Å². The predicted octanol–water partition coefficient (Wildman–Crippen LogP) is 2.47. The second-order valence-corrected chi connectivity index (χ2v) is 3.89. The van der Waals surface area contributed by atoms with Crippen LogP contribution in [0.1, 0.15) is 13.3 Å². The molecule has 0 saturated heterocycles. The molecule has 14 heavy (non-hydrogen) atoms. The fraction of sp³-hybridized carbons (Fsp3) is 0.875. The topological polar surface area (TPSA) is 27.0 Å². The summed E-state index contributed by atoms with van der Waals surface area (Å²) in [5.74, 6) is -0.00875. The molecule has 0 aliphatic rings. The Balaban J connectivity index is 3.66. The molecule has 0 aliphatic carbocycles. The number of nitriles is 1. The first kappa shape index (κ1) is 13.6. The highest BCUT2D eigenvalue weighted by atomic mass is 32.2. The Morgan fingerprint density at radius 3 is 2.43 bits per heavy atom. The van der Waals surface area contributed by atoms with E-state index in [1.807, 2.05) is 13.0 Å². The van der Waals surface area contributed by atoms with E-state index in [1.54, 1.807) is 4.90 Å². The Kier molecular flexibility index (Phi) is 6.75. The van der Waals surface area contributed by atoms with E-state index in [9.17, 15) is 13.2 Å². The summed E-state index contributed by atoms with van der Waals surface area (Å²) in [5, 5.41) is 8.40. The lowest BCUT2D eigenvalue weighted by Crippen LogP contribution is -2.28. The molecule has 0 aromatic heterocycles. The van der Waals surface area contributed by atoms with Crippen LogP contribution in [0.5, 0.6) is 0 Å². The van der Waals surface area contributed by atoms with Gasteiger partial charge in [-0.25, -0.2) is 0 Å². The van der Waals surface area contributed by atoms with Crippen molar-refractivity contribution in [1.29, 1.82) is 5.26 Å². The molecule has 0 saturated carbocycles. The fourth-order valence-corrected chi connectivity index (χ4v) is 1.56. The van der Waals surface area contributed by atoms with Crippen molar-refractivity contribution in [3.8, 4) is 6.07 Å². The van der Waals surface area contributed by atoms with Crippen molar-refractivity contribution in [1.82, 2.24) is 4.90 Å². The van der Waals surface area contributed by atoms with Crippen LogP contribution in [0.3, 0.4) is 0 Å². The third-order valence-electron chi connectivity index (χ3n) is 1.51. The first-order valence-corrected chi connectivity index (χ1v) is 5.28. The summed E-state index contributed by atoms with van der Waals surface area (Å²) in [7, 11) is 0. The molecule has 0 radical (unpaired) electrons. The number of alkyl halides is 3. The molecule has 0 amide bonds. The number of thioether (sulfide) groups is 1. The van der Waals surface area contributed by atoms with Crippen LogP contribution in [0.15, 0.2) is 0 Å². The first-order chi connectivity index (χ1) is 6.49. The normalized spacial score (nSPS) is 11.7. The highest BCUT2D eigenvalue weighted by Crippen LogP contribution is 2.29. The molecule has 0 heterocycles. The first-order valence-electron chi connectivity index (χ1n) is 4.29. The van der Waals surface area contributed by atoms with Gasteiger partial charge in [0.05, 0.1) is 12.6 Å². The van der Waals surface area contributed by atoms with E-state index in [-0.39, 0.29) is 24.1 Å². The van der Waals surface area contributed by atoms with Crippen LogP contribution < -0.4 is 0 Å². The van der Waals surface area contributed by atoms with Gasteiger partial charge in [0.15, 0.2) is 0 Å². The average Bonchev–Trinajstić information content (AvgIpc) is 2.02. The van der Waals surface area contributed by atoms with E-state index in [0.29, 0.717) is 13.1 Å². The molecule has 0 aromatic rings. The van der Waals surface area contributed by atoms with E-state index in [0.717, 1.165) is 6.42 Å². The van der Waals surface area contributed by atoms with E-state index in [1.165, 1.54) is 0 Å². The quantitative estimate of drug-likeness (QED) is 0.651.